The van der Waals surface area contributed by atoms with Crippen LogP contribution in [0.1, 0.15) is 13.8 Å². The first-order valence-electron chi connectivity index (χ1n) is 6.52. The number of hydrogen-bond donors (Lipinski definition) is 3. The minimum absolute atomic E-state index is 0.226. The van der Waals surface area contributed by atoms with Crippen LogP contribution in [-0.2, 0) is 9.59 Å². The summed E-state index contributed by atoms with van der Waals surface area (Å²) >= 11 is 0. The van der Waals surface area contributed by atoms with Gasteiger partial charge in [0, 0.05) is 17.1 Å². The number of carboxylic acids is 1. The van der Waals surface area contributed by atoms with Crippen LogP contribution in [0.25, 0.3) is 10.9 Å². The number of anilines is 1. The monoisotopic (exact) mass is 272 g/mol. The van der Waals surface area contributed by atoms with Crippen molar-refractivity contribution in [1.29, 1.82) is 0 Å². The summed E-state index contributed by atoms with van der Waals surface area (Å²) in [6.45, 7) is 3.62. The van der Waals surface area contributed by atoms with Crippen LogP contribution in [0, 0.1) is 17.3 Å². The molecule has 2 atom stereocenters. The maximum atomic E-state index is 12.3. The first-order valence-corrected chi connectivity index (χ1v) is 6.52. The highest BCUT2D eigenvalue weighted by Crippen LogP contribution is 2.58. The standard InChI is InChI=1S/C15H16N2O3/c1-15(2)11(12(15)14(19)20)13(18)17-10-5-3-4-9-8(10)6-7-16-9/h3-7,11-12,16H,1-2H3,(H,17,18)(H,19,20)/t11-,12-/m1/s1. The molecule has 20 heavy (non-hydrogen) atoms. The third-order valence-corrected chi connectivity index (χ3v) is 4.23. The van der Waals surface area contributed by atoms with E-state index in [0.717, 1.165) is 10.9 Å². The number of aromatic amines is 1. The molecule has 0 saturated heterocycles. The lowest BCUT2D eigenvalue weighted by Gasteiger charge is -2.07. The lowest BCUT2D eigenvalue weighted by atomic mass is 10.1. The van der Waals surface area contributed by atoms with Crippen molar-refractivity contribution in [1.82, 2.24) is 4.98 Å². The minimum atomic E-state index is -0.907. The van der Waals surface area contributed by atoms with Gasteiger partial charge in [-0.3, -0.25) is 9.59 Å². The number of nitrogens with one attached hydrogen (secondary N) is 2. The molecule has 1 heterocycles. The first-order chi connectivity index (χ1) is 9.43. The fourth-order valence-corrected chi connectivity index (χ4v) is 2.99. The molecule has 104 valence electrons. The number of carboxylic acid groups (broad SMARTS) is 1. The summed E-state index contributed by atoms with van der Waals surface area (Å²) in [6, 6.07) is 7.48. The maximum absolute atomic E-state index is 12.3. The molecule has 1 saturated carbocycles. The predicted molar refractivity (Wildman–Crippen MR) is 75.3 cm³/mol. The topological polar surface area (TPSA) is 82.2 Å². The van der Waals surface area contributed by atoms with Gasteiger partial charge in [0.1, 0.15) is 0 Å². The molecule has 1 aliphatic carbocycles. The zero-order valence-electron chi connectivity index (χ0n) is 11.3. The Bertz CT molecular complexity index is 702. The van der Waals surface area contributed by atoms with Crippen molar-refractivity contribution in [3.05, 3.63) is 30.5 Å². The van der Waals surface area contributed by atoms with Crippen LogP contribution in [-0.4, -0.2) is 22.0 Å². The van der Waals surface area contributed by atoms with Gasteiger partial charge in [-0.2, -0.15) is 0 Å². The second-order valence-electron chi connectivity index (χ2n) is 5.85. The third kappa shape index (κ3) is 1.78. The molecule has 1 fully saturated rings. The number of benzene rings is 1. The van der Waals surface area contributed by atoms with E-state index in [1.165, 1.54) is 0 Å². The summed E-state index contributed by atoms with van der Waals surface area (Å²) in [7, 11) is 0. The molecule has 0 bridgehead atoms. The molecule has 1 amide bonds. The molecule has 5 heteroatoms. The van der Waals surface area contributed by atoms with Crippen LogP contribution >= 0.6 is 0 Å². The summed E-state index contributed by atoms with van der Waals surface area (Å²) in [4.78, 5) is 26.5. The van der Waals surface area contributed by atoms with Crippen LogP contribution < -0.4 is 5.32 Å². The van der Waals surface area contributed by atoms with Crippen molar-refractivity contribution in [3.63, 3.8) is 0 Å². The molecule has 3 N–H and O–H groups in total. The molecular weight excluding hydrogens is 256 g/mol. The van der Waals surface area contributed by atoms with Gasteiger partial charge in [-0.25, -0.2) is 0 Å². The van der Waals surface area contributed by atoms with Crippen molar-refractivity contribution >= 4 is 28.5 Å². The van der Waals surface area contributed by atoms with E-state index < -0.39 is 23.2 Å². The van der Waals surface area contributed by atoms with Gasteiger partial charge in [0.15, 0.2) is 0 Å². The molecule has 3 rings (SSSR count). The predicted octanol–water partition coefficient (Wildman–Crippen LogP) is 2.46. The van der Waals surface area contributed by atoms with E-state index in [-0.39, 0.29) is 5.91 Å². The molecule has 0 radical (unpaired) electrons. The van der Waals surface area contributed by atoms with Crippen molar-refractivity contribution in [2.75, 3.05) is 5.32 Å². The van der Waals surface area contributed by atoms with Crippen LogP contribution in [0.2, 0.25) is 0 Å². The van der Waals surface area contributed by atoms with E-state index in [4.69, 9.17) is 5.11 Å². The first kappa shape index (κ1) is 12.7. The minimum Gasteiger partial charge on any atom is -0.481 e. The van der Waals surface area contributed by atoms with Gasteiger partial charge in [-0.1, -0.05) is 19.9 Å². The van der Waals surface area contributed by atoms with Gasteiger partial charge in [0.25, 0.3) is 0 Å². The van der Waals surface area contributed by atoms with Gasteiger partial charge in [0.2, 0.25) is 5.91 Å². The molecule has 0 aliphatic heterocycles. The Labute approximate surface area is 116 Å². The summed E-state index contributed by atoms with van der Waals surface area (Å²) < 4.78 is 0. The lowest BCUT2D eigenvalue weighted by molar-refractivity contribution is -0.140. The number of hydrogen-bond acceptors (Lipinski definition) is 2. The number of rotatable bonds is 3. The Morgan fingerprint density at radius 2 is 2.00 bits per heavy atom. The number of amides is 1. The van der Waals surface area contributed by atoms with Crippen molar-refractivity contribution in [3.8, 4) is 0 Å². The Balaban J connectivity index is 1.84. The second-order valence-corrected chi connectivity index (χ2v) is 5.85. The quantitative estimate of drug-likeness (QED) is 0.802. The van der Waals surface area contributed by atoms with Gasteiger partial charge < -0.3 is 15.4 Å². The summed E-state index contributed by atoms with van der Waals surface area (Å²) in [5.41, 5.74) is 1.16. The SMILES string of the molecule is CC1(C)[C@@H](C(=O)O)[C@@H]1C(=O)Nc1cccc2[nH]ccc12. The van der Waals surface area contributed by atoms with E-state index in [2.05, 4.69) is 10.3 Å². The van der Waals surface area contributed by atoms with Gasteiger partial charge in [0.05, 0.1) is 17.5 Å². The molecule has 2 aromatic rings. The smallest absolute Gasteiger partial charge is 0.307 e. The third-order valence-electron chi connectivity index (χ3n) is 4.23. The van der Waals surface area contributed by atoms with Crippen LogP contribution in [0.3, 0.4) is 0 Å². The fraction of sp³-hybridized carbons (Fsp3) is 0.333. The average molecular weight is 272 g/mol. The van der Waals surface area contributed by atoms with E-state index in [0.29, 0.717) is 5.69 Å². The molecule has 1 aliphatic rings. The van der Waals surface area contributed by atoms with E-state index >= 15 is 0 Å². The maximum Gasteiger partial charge on any atom is 0.307 e. The summed E-state index contributed by atoms with van der Waals surface area (Å²) in [6.07, 6.45) is 1.81. The van der Waals surface area contributed by atoms with Crippen LogP contribution in [0.15, 0.2) is 30.5 Å². The molecule has 0 unspecified atom stereocenters. The zero-order valence-corrected chi connectivity index (χ0v) is 11.3. The Morgan fingerprint density at radius 3 is 2.65 bits per heavy atom. The Kier molecular flexibility index (Phi) is 2.61. The Morgan fingerprint density at radius 1 is 1.25 bits per heavy atom. The lowest BCUT2D eigenvalue weighted by Crippen LogP contribution is -2.17. The summed E-state index contributed by atoms with van der Waals surface area (Å²) in [5, 5.41) is 12.9. The molecule has 1 aromatic heterocycles. The fourth-order valence-electron chi connectivity index (χ4n) is 2.99. The van der Waals surface area contributed by atoms with Crippen molar-refractivity contribution in [2.45, 2.75) is 13.8 Å². The Hall–Kier alpha value is -2.30. The molecular formula is C15H16N2O3. The van der Waals surface area contributed by atoms with E-state index in [1.54, 1.807) is 6.20 Å². The number of carbonyl (C=O) groups is 2. The normalized spacial score (nSPS) is 23.5. The second kappa shape index (κ2) is 4.10. The molecule has 1 aromatic carbocycles. The largest absolute Gasteiger partial charge is 0.481 e. The van der Waals surface area contributed by atoms with Crippen LogP contribution in [0.4, 0.5) is 5.69 Å². The van der Waals surface area contributed by atoms with Gasteiger partial charge in [-0.15, -0.1) is 0 Å². The number of H-pyrrole nitrogens is 1. The highest BCUT2D eigenvalue weighted by Gasteiger charge is 2.65. The number of aliphatic carboxylic acids is 1. The van der Waals surface area contributed by atoms with Crippen LogP contribution in [0.5, 0.6) is 0 Å². The van der Waals surface area contributed by atoms with Crippen molar-refractivity contribution in [2.24, 2.45) is 17.3 Å². The van der Waals surface area contributed by atoms with Gasteiger partial charge in [-0.05, 0) is 23.6 Å². The van der Waals surface area contributed by atoms with E-state index in [1.807, 2.05) is 38.1 Å². The average Bonchev–Trinajstić information content (AvgIpc) is 2.73. The number of carbonyl (C=O) groups excluding carboxylic acids is 1. The number of aromatic nitrogens is 1. The number of fused-ring (bicyclic) bond motifs is 1. The van der Waals surface area contributed by atoms with Gasteiger partial charge >= 0.3 is 5.97 Å². The summed E-state index contributed by atoms with van der Waals surface area (Å²) in [5.74, 6) is -2.21. The zero-order chi connectivity index (χ0) is 14.5. The van der Waals surface area contributed by atoms with Crippen molar-refractivity contribution < 1.29 is 14.7 Å². The van der Waals surface area contributed by atoms with E-state index in [9.17, 15) is 9.59 Å². The highest BCUT2D eigenvalue weighted by molar-refractivity contribution is 6.05. The highest BCUT2D eigenvalue weighted by atomic mass is 16.4. The molecule has 0 spiro atoms. The molecule has 5 nitrogen and oxygen atoms in total.